The van der Waals surface area contributed by atoms with E-state index in [2.05, 4.69) is 27.0 Å². The first-order valence-electron chi connectivity index (χ1n) is 6.42. The second-order valence-electron chi connectivity index (χ2n) is 5.57. The highest BCUT2D eigenvalue weighted by atomic mass is 16.1. The average molecular weight is 262 g/mol. The molecule has 1 atom stereocenters. The number of aryl methyl sites for hydroxylation is 1. The summed E-state index contributed by atoms with van der Waals surface area (Å²) in [6.07, 6.45) is 1.06. The lowest BCUT2D eigenvalue weighted by molar-refractivity contribution is 0.383. The van der Waals surface area contributed by atoms with Gasteiger partial charge in [0.15, 0.2) is 5.65 Å². The summed E-state index contributed by atoms with van der Waals surface area (Å²) in [4.78, 5) is 18.3. The predicted molar refractivity (Wildman–Crippen MR) is 72.3 cm³/mol. The Labute approximate surface area is 110 Å². The van der Waals surface area contributed by atoms with Crippen LogP contribution in [0.25, 0.3) is 5.65 Å². The van der Waals surface area contributed by atoms with Crippen molar-refractivity contribution in [3.05, 3.63) is 22.4 Å². The Morgan fingerprint density at radius 1 is 1.58 bits per heavy atom. The SMILES string of the molecule is Cc1nc(N2CCC(C)(CN)C2)cc2n[nH]c(=O)n12. The lowest BCUT2D eigenvalue weighted by Crippen LogP contribution is -2.31. The van der Waals surface area contributed by atoms with E-state index in [1.165, 1.54) is 4.40 Å². The summed E-state index contributed by atoms with van der Waals surface area (Å²) in [7, 11) is 0. The molecule has 0 saturated carbocycles. The van der Waals surface area contributed by atoms with Gasteiger partial charge >= 0.3 is 5.69 Å². The maximum Gasteiger partial charge on any atom is 0.349 e. The summed E-state index contributed by atoms with van der Waals surface area (Å²) in [5, 5.41) is 6.44. The number of H-pyrrole nitrogens is 1. The van der Waals surface area contributed by atoms with E-state index in [1.54, 1.807) is 0 Å². The molecule has 1 saturated heterocycles. The van der Waals surface area contributed by atoms with E-state index in [4.69, 9.17) is 5.73 Å². The molecular formula is C12H18N6O. The van der Waals surface area contributed by atoms with Crippen molar-refractivity contribution in [3.8, 4) is 0 Å². The van der Waals surface area contributed by atoms with Crippen LogP contribution >= 0.6 is 0 Å². The van der Waals surface area contributed by atoms with Gasteiger partial charge in [-0.15, -0.1) is 0 Å². The van der Waals surface area contributed by atoms with Crippen molar-refractivity contribution in [1.82, 2.24) is 19.6 Å². The van der Waals surface area contributed by atoms with Gasteiger partial charge < -0.3 is 10.6 Å². The first-order chi connectivity index (χ1) is 9.02. The normalized spacial score (nSPS) is 23.4. The van der Waals surface area contributed by atoms with Crippen LogP contribution in [0.3, 0.4) is 0 Å². The molecule has 0 amide bonds. The Morgan fingerprint density at radius 3 is 3.05 bits per heavy atom. The fourth-order valence-corrected chi connectivity index (χ4v) is 2.63. The zero-order valence-electron chi connectivity index (χ0n) is 11.2. The van der Waals surface area contributed by atoms with E-state index < -0.39 is 0 Å². The number of hydrogen-bond donors (Lipinski definition) is 2. The zero-order chi connectivity index (χ0) is 13.6. The highest BCUT2D eigenvalue weighted by Gasteiger charge is 2.33. The summed E-state index contributed by atoms with van der Waals surface area (Å²) in [6.45, 7) is 6.50. The maximum atomic E-state index is 11.6. The third-order valence-corrected chi connectivity index (χ3v) is 3.93. The third kappa shape index (κ3) is 1.90. The molecule has 3 N–H and O–H groups in total. The van der Waals surface area contributed by atoms with Crippen LogP contribution in [0.4, 0.5) is 5.82 Å². The number of nitrogens with zero attached hydrogens (tertiary/aromatic N) is 4. The monoisotopic (exact) mass is 262 g/mol. The van der Waals surface area contributed by atoms with E-state index in [-0.39, 0.29) is 11.1 Å². The second-order valence-corrected chi connectivity index (χ2v) is 5.57. The van der Waals surface area contributed by atoms with Crippen LogP contribution in [-0.4, -0.2) is 39.2 Å². The van der Waals surface area contributed by atoms with E-state index >= 15 is 0 Å². The molecule has 0 aliphatic carbocycles. The molecule has 3 rings (SSSR count). The molecule has 1 fully saturated rings. The van der Waals surface area contributed by atoms with Gasteiger partial charge in [0.2, 0.25) is 0 Å². The number of nitrogens with one attached hydrogen (secondary N) is 1. The van der Waals surface area contributed by atoms with Crippen LogP contribution < -0.4 is 16.3 Å². The fourth-order valence-electron chi connectivity index (χ4n) is 2.63. The van der Waals surface area contributed by atoms with Gasteiger partial charge in [-0.25, -0.2) is 19.3 Å². The molecule has 0 bridgehead atoms. The molecule has 7 heteroatoms. The molecule has 0 spiro atoms. The quantitative estimate of drug-likeness (QED) is 0.788. The Bertz CT molecular complexity index is 674. The molecule has 1 aliphatic rings. The van der Waals surface area contributed by atoms with Crippen molar-refractivity contribution >= 4 is 11.5 Å². The number of anilines is 1. The van der Waals surface area contributed by atoms with Crippen LogP contribution in [0.5, 0.6) is 0 Å². The standard InChI is InChI=1S/C12H18N6O/c1-8-14-9(5-10-15-16-11(19)18(8)10)17-4-3-12(2,6-13)7-17/h5H,3-4,6-7,13H2,1-2H3,(H,16,19). The van der Waals surface area contributed by atoms with Crippen molar-refractivity contribution in [3.63, 3.8) is 0 Å². The number of hydrogen-bond acceptors (Lipinski definition) is 5. The zero-order valence-corrected chi connectivity index (χ0v) is 11.2. The molecule has 3 heterocycles. The lowest BCUT2D eigenvalue weighted by Gasteiger charge is -2.23. The van der Waals surface area contributed by atoms with Crippen molar-refractivity contribution in [2.45, 2.75) is 20.3 Å². The summed E-state index contributed by atoms with van der Waals surface area (Å²) in [5.74, 6) is 1.51. The molecule has 0 radical (unpaired) electrons. The second kappa shape index (κ2) is 4.06. The minimum atomic E-state index is -0.250. The number of nitrogens with two attached hydrogens (primary N) is 1. The van der Waals surface area contributed by atoms with Gasteiger partial charge in [-0.2, -0.15) is 5.10 Å². The van der Waals surface area contributed by atoms with E-state index in [0.717, 1.165) is 25.3 Å². The molecule has 102 valence electrons. The van der Waals surface area contributed by atoms with Gasteiger partial charge in [-0.1, -0.05) is 6.92 Å². The first kappa shape index (κ1) is 12.2. The third-order valence-electron chi connectivity index (χ3n) is 3.93. The van der Waals surface area contributed by atoms with Crippen LogP contribution in [0.1, 0.15) is 19.2 Å². The smallest absolute Gasteiger partial charge is 0.349 e. The Hall–Kier alpha value is -1.89. The van der Waals surface area contributed by atoms with Crippen molar-refractivity contribution in [2.75, 3.05) is 24.5 Å². The van der Waals surface area contributed by atoms with Crippen LogP contribution in [-0.2, 0) is 0 Å². The van der Waals surface area contributed by atoms with Crippen LogP contribution in [0, 0.1) is 12.3 Å². The van der Waals surface area contributed by atoms with Gasteiger partial charge in [-0.05, 0) is 25.3 Å². The molecule has 7 nitrogen and oxygen atoms in total. The Kier molecular flexibility index (Phi) is 2.60. The summed E-state index contributed by atoms with van der Waals surface area (Å²) >= 11 is 0. The van der Waals surface area contributed by atoms with Crippen LogP contribution in [0.15, 0.2) is 10.9 Å². The molecule has 19 heavy (non-hydrogen) atoms. The van der Waals surface area contributed by atoms with E-state index in [9.17, 15) is 4.79 Å². The Balaban J connectivity index is 2.01. The largest absolute Gasteiger partial charge is 0.356 e. The summed E-state index contributed by atoms with van der Waals surface area (Å²) < 4.78 is 1.47. The molecule has 1 unspecified atom stereocenters. The van der Waals surface area contributed by atoms with Gasteiger partial charge in [0, 0.05) is 19.2 Å². The van der Waals surface area contributed by atoms with Gasteiger partial charge in [0.25, 0.3) is 0 Å². The van der Waals surface area contributed by atoms with E-state index in [0.29, 0.717) is 18.0 Å². The summed E-state index contributed by atoms with van der Waals surface area (Å²) in [6, 6.07) is 1.84. The molecule has 0 aromatic carbocycles. The Morgan fingerprint density at radius 2 is 2.37 bits per heavy atom. The van der Waals surface area contributed by atoms with Crippen molar-refractivity contribution in [2.24, 2.45) is 11.1 Å². The first-order valence-corrected chi connectivity index (χ1v) is 6.42. The van der Waals surface area contributed by atoms with Crippen molar-refractivity contribution in [1.29, 1.82) is 0 Å². The topological polar surface area (TPSA) is 92.3 Å². The highest BCUT2D eigenvalue weighted by molar-refractivity contribution is 5.52. The molecule has 2 aromatic rings. The maximum absolute atomic E-state index is 11.6. The number of fused-ring (bicyclic) bond motifs is 1. The highest BCUT2D eigenvalue weighted by Crippen LogP contribution is 2.31. The minimum absolute atomic E-state index is 0.146. The number of rotatable bonds is 2. The molecular weight excluding hydrogens is 244 g/mol. The lowest BCUT2D eigenvalue weighted by atomic mass is 9.90. The summed E-state index contributed by atoms with van der Waals surface area (Å²) in [5.41, 5.74) is 6.32. The number of aromatic amines is 1. The molecule has 2 aromatic heterocycles. The average Bonchev–Trinajstić information content (AvgIpc) is 2.95. The predicted octanol–water partition coefficient (Wildman–Crippen LogP) is -0.0989. The van der Waals surface area contributed by atoms with Gasteiger partial charge in [-0.3, -0.25) is 0 Å². The van der Waals surface area contributed by atoms with E-state index in [1.807, 2.05) is 13.0 Å². The van der Waals surface area contributed by atoms with Crippen molar-refractivity contribution < 1.29 is 0 Å². The molecule has 1 aliphatic heterocycles. The number of aromatic nitrogens is 4. The van der Waals surface area contributed by atoms with Gasteiger partial charge in [0.05, 0.1) is 0 Å². The minimum Gasteiger partial charge on any atom is -0.356 e. The van der Waals surface area contributed by atoms with Gasteiger partial charge in [0.1, 0.15) is 11.6 Å². The fraction of sp³-hybridized carbons (Fsp3) is 0.583. The van der Waals surface area contributed by atoms with Crippen LogP contribution in [0.2, 0.25) is 0 Å².